The average molecular weight is 386 g/mol. The van der Waals surface area contributed by atoms with Crippen LogP contribution in [0.5, 0.6) is 5.75 Å². The van der Waals surface area contributed by atoms with Crippen LogP contribution in [0.1, 0.15) is 49.5 Å². The lowest BCUT2D eigenvalue weighted by atomic mass is 10.2. The molecule has 0 saturated carbocycles. The van der Waals surface area contributed by atoms with E-state index in [1.165, 1.54) is 25.5 Å². The van der Waals surface area contributed by atoms with Gasteiger partial charge in [-0.2, -0.15) is 0 Å². The third-order valence-electron chi connectivity index (χ3n) is 4.13. The maximum Gasteiger partial charge on any atom is 0.275 e. The third-order valence-corrected chi connectivity index (χ3v) is 4.13. The molecule has 0 radical (unpaired) electrons. The fourth-order valence-electron chi connectivity index (χ4n) is 2.56. The van der Waals surface area contributed by atoms with Crippen LogP contribution in [-0.2, 0) is 4.74 Å². The van der Waals surface area contributed by atoms with Crippen molar-refractivity contribution in [3.8, 4) is 5.75 Å². The molecule has 0 saturated heterocycles. The minimum atomic E-state index is -0.316. The van der Waals surface area contributed by atoms with E-state index < -0.39 is 0 Å². The van der Waals surface area contributed by atoms with Crippen LogP contribution in [0.3, 0.4) is 0 Å². The number of ether oxygens (including phenoxy) is 2. The Kier molecular flexibility index (Phi) is 9.79. The highest BCUT2D eigenvalue weighted by atomic mass is 16.5. The molecule has 1 aromatic heterocycles. The Hall–Kier alpha value is -2.67. The smallest absolute Gasteiger partial charge is 0.275 e. The van der Waals surface area contributed by atoms with Crippen LogP contribution >= 0.6 is 0 Å². The Morgan fingerprint density at radius 3 is 2.68 bits per heavy atom. The van der Waals surface area contributed by atoms with Crippen molar-refractivity contribution in [3.05, 3.63) is 42.4 Å². The molecular weight excluding hydrogens is 356 g/mol. The lowest BCUT2D eigenvalue weighted by Crippen LogP contribution is -2.15. The van der Waals surface area contributed by atoms with Gasteiger partial charge >= 0.3 is 0 Å². The maximum absolute atomic E-state index is 12.3. The molecule has 7 nitrogen and oxygen atoms in total. The molecule has 0 atom stereocenters. The van der Waals surface area contributed by atoms with Crippen molar-refractivity contribution in [3.63, 3.8) is 0 Å². The molecular formula is C21H30N4O3. The summed E-state index contributed by atoms with van der Waals surface area (Å²) in [5.74, 6) is 0.998. The summed E-state index contributed by atoms with van der Waals surface area (Å²) in [7, 11) is 1.58. The van der Waals surface area contributed by atoms with Crippen molar-refractivity contribution in [1.29, 1.82) is 0 Å². The second-order valence-corrected chi connectivity index (χ2v) is 6.43. The van der Waals surface area contributed by atoms with E-state index >= 15 is 0 Å². The molecule has 2 rings (SSSR count). The van der Waals surface area contributed by atoms with E-state index in [0.29, 0.717) is 17.3 Å². The van der Waals surface area contributed by atoms with Crippen molar-refractivity contribution in [2.45, 2.75) is 39.0 Å². The van der Waals surface area contributed by atoms with Gasteiger partial charge in [-0.1, -0.05) is 32.3 Å². The molecule has 0 fully saturated rings. The van der Waals surface area contributed by atoms with E-state index in [0.717, 1.165) is 32.6 Å². The molecule has 0 aliphatic carbocycles. The van der Waals surface area contributed by atoms with Crippen molar-refractivity contribution in [2.24, 2.45) is 0 Å². The second-order valence-electron chi connectivity index (χ2n) is 6.43. The Morgan fingerprint density at radius 1 is 1.07 bits per heavy atom. The van der Waals surface area contributed by atoms with Gasteiger partial charge < -0.3 is 20.1 Å². The largest absolute Gasteiger partial charge is 0.497 e. The van der Waals surface area contributed by atoms with Crippen LogP contribution in [-0.4, -0.2) is 42.7 Å². The summed E-state index contributed by atoms with van der Waals surface area (Å²) in [5.41, 5.74) is 0.895. The summed E-state index contributed by atoms with van der Waals surface area (Å²) in [4.78, 5) is 20.7. The van der Waals surface area contributed by atoms with Crippen LogP contribution in [0.25, 0.3) is 0 Å². The first-order valence-electron chi connectivity index (χ1n) is 9.82. The fourth-order valence-corrected chi connectivity index (χ4v) is 2.56. The number of aromatic nitrogens is 2. The van der Waals surface area contributed by atoms with E-state index in [4.69, 9.17) is 9.47 Å². The standard InChI is InChI=1S/C21H30N4O3/c1-3-4-5-6-12-28-13-8-11-22-20-16-23-19(15-24-20)21(26)25-17-9-7-10-18(14-17)27-2/h7,9-10,14-16H,3-6,8,11-13H2,1-2H3,(H,22,24)(H,25,26). The van der Waals surface area contributed by atoms with Crippen LogP contribution in [0.2, 0.25) is 0 Å². The summed E-state index contributed by atoms with van der Waals surface area (Å²) in [5, 5.41) is 5.96. The number of carbonyl (C=O) groups is 1. The molecule has 7 heteroatoms. The van der Waals surface area contributed by atoms with E-state index in [-0.39, 0.29) is 11.6 Å². The van der Waals surface area contributed by atoms with Gasteiger partial charge in [-0.3, -0.25) is 4.79 Å². The highest BCUT2D eigenvalue weighted by molar-refractivity contribution is 6.02. The molecule has 0 bridgehead atoms. The summed E-state index contributed by atoms with van der Waals surface area (Å²) in [6, 6.07) is 7.15. The van der Waals surface area contributed by atoms with Gasteiger partial charge in [-0.25, -0.2) is 9.97 Å². The van der Waals surface area contributed by atoms with E-state index in [9.17, 15) is 4.79 Å². The number of carbonyl (C=O) groups excluding carboxylic acids is 1. The zero-order valence-electron chi connectivity index (χ0n) is 16.7. The van der Waals surface area contributed by atoms with Crippen LogP contribution in [0.4, 0.5) is 11.5 Å². The van der Waals surface area contributed by atoms with Gasteiger partial charge in [0.2, 0.25) is 0 Å². The number of hydrogen-bond donors (Lipinski definition) is 2. The predicted octanol–water partition coefficient (Wildman–Crippen LogP) is 4.14. The number of hydrogen-bond acceptors (Lipinski definition) is 6. The number of nitrogens with zero attached hydrogens (tertiary/aromatic N) is 2. The quantitative estimate of drug-likeness (QED) is 0.503. The zero-order valence-corrected chi connectivity index (χ0v) is 16.7. The normalized spacial score (nSPS) is 10.5. The number of rotatable bonds is 13. The Bertz CT molecular complexity index is 707. The molecule has 1 heterocycles. The molecule has 1 aromatic carbocycles. The van der Waals surface area contributed by atoms with Gasteiger partial charge in [0.25, 0.3) is 5.91 Å². The predicted molar refractivity (Wildman–Crippen MR) is 111 cm³/mol. The number of anilines is 2. The topological polar surface area (TPSA) is 85.4 Å². The first-order chi connectivity index (χ1) is 13.7. The Morgan fingerprint density at radius 2 is 1.93 bits per heavy atom. The van der Waals surface area contributed by atoms with Gasteiger partial charge in [0.1, 0.15) is 17.3 Å². The molecule has 152 valence electrons. The highest BCUT2D eigenvalue weighted by Gasteiger charge is 2.09. The Labute approximate surface area is 166 Å². The first kappa shape index (κ1) is 21.6. The van der Waals surface area contributed by atoms with Crippen molar-refractivity contribution < 1.29 is 14.3 Å². The molecule has 2 aromatic rings. The van der Waals surface area contributed by atoms with Crippen molar-refractivity contribution in [1.82, 2.24) is 9.97 Å². The average Bonchev–Trinajstić information content (AvgIpc) is 2.73. The van der Waals surface area contributed by atoms with Crippen LogP contribution < -0.4 is 15.4 Å². The van der Waals surface area contributed by atoms with Gasteiger partial charge in [-0.05, 0) is 25.0 Å². The number of nitrogens with one attached hydrogen (secondary N) is 2. The fraction of sp³-hybridized carbons (Fsp3) is 0.476. The number of methoxy groups -OCH3 is 1. The summed E-state index contributed by atoms with van der Waals surface area (Å²) >= 11 is 0. The molecule has 28 heavy (non-hydrogen) atoms. The second kappa shape index (κ2) is 12.7. The minimum absolute atomic E-state index is 0.254. The lowest BCUT2D eigenvalue weighted by Gasteiger charge is -2.08. The van der Waals surface area contributed by atoms with Crippen LogP contribution in [0, 0.1) is 0 Å². The zero-order chi connectivity index (χ0) is 20.0. The monoisotopic (exact) mass is 386 g/mol. The summed E-state index contributed by atoms with van der Waals surface area (Å²) in [6.07, 6.45) is 8.80. The van der Waals surface area contributed by atoms with E-state index in [2.05, 4.69) is 27.5 Å². The van der Waals surface area contributed by atoms with Gasteiger partial charge in [0.05, 0.1) is 19.5 Å². The lowest BCUT2D eigenvalue weighted by molar-refractivity contribution is 0.102. The highest BCUT2D eigenvalue weighted by Crippen LogP contribution is 2.17. The molecule has 1 amide bonds. The van der Waals surface area contributed by atoms with E-state index in [1.807, 2.05) is 12.1 Å². The number of unbranched alkanes of at least 4 members (excludes halogenated alkanes) is 3. The first-order valence-corrected chi connectivity index (χ1v) is 9.82. The number of benzene rings is 1. The van der Waals surface area contributed by atoms with Crippen molar-refractivity contribution in [2.75, 3.05) is 37.5 Å². The molecule has 0 spiro atoms. The molecule has 2 N–H and O–H groups in total. The maximum atomic E-state index is 12.3. The van der Waals surface area contributed by atoms with Crippen molar-refractivity contribution >= 4 is 17.4 Å². The van der Waals surface area contributed by atoms with E-state index in [1.54, 1.807) is 25.4 Å². The third kappa shape index (κ3) is 7.92. The molecule has 0 aliphatic rings. The summed E-state index contributed by atoms with van der Waals surface area (Å²) in [6.45, 7) is 4.51. The van der Waals surface area contributed by atoms with Gasteiger partial charge in [0, 0.05) is 31.5 Å². The summed E-state index contributed by atoms with van der Waals surface area (Å²) < 4.78 is 10.7. The van der Waals surface area contributed by atoms with Crippen LogP contribution in [0.15, 0.2) is 36.7 Å². The Balaban J connectivity index is 1.67. The number of amides is 1. The van der Waals surface area contributed by atoms with Gasteiger partial charge in [-0.15, -0.1) is 0 Å². The molecule has 0 aliphatic heterocycles. The molecule has 0 unspecified atom stereocenters. The SMILES string of the molecule is CCCCCCOCCCNc1cnc(C(=O)Nc2cccc(OC)c2)cn1. The minimum Gasteiger partial charge on any atom is -0.497 e. The van der Waals surface area contributed by atoms with Gasteiger partial charge in [0.15, 0.2) is 0 Å².